The third-order valence-corrected chi connectivity index (χ3v) is 3.57. The standard InChI is InChI=1S/C16H21N3O3/c1-10(2)14(15(20)21)19-16(22)17-8-7-11-9-18-13-6-4-3-5-12(11)13/h3-6,9-10,14,18H,7-8H2,1-2H3,(H,20,21)(H2,17,19,22)/t14-/m0/s1. The summed E-state index contributed by atoms with van der Waals surface area (Å²) in [7, 11) is 0. The molecule has 0 saturated heterocycles. The maximum Gasteiger partial charge on any atom is 0.326 e. The number of carboxylic acid groups (broad SMARTS) is 1. The van der Waals surface area contributed by atoms with Gasteiger partial charge in [0.15, 0.2) is 0 Å². The Labute approximate surface area is 128 Å². The van der Waals surface area contributed by atoms with E-state index in [2.05, 4.69) is 15.6 Å². The molecular formula is C16H21N3O3. The van der Waals surface area contributed by atoms with E-state index < -0.39 is 18.0 Å². The number of aromatic amines is 1. The molecule has 0 radical (unpaired) electrons. The molecule has 0 aliphatic rings. The van der Waals surface area contributed by atoms with Crippen molar-refractivity contribution in [1.29, 1.82) is 0 Å². The molecule has 1 aromatic heterocycles. The second-order valence-electron chi connectivity index (χ2n) is 5.57. The summed E-state index contributed by atoms with van der Waals surface area (Å²) in [6, 6.07) is 6.63. The highest BCUT2D eigenvalue weighted by atomic mass is 16.4. The first-order chi connectivity index (χ1) is 10.5. The van der Waals surface area contributed by atoms with Crippen LogP contribution in [0.4, 0.5) is 4.79 Å². The number of carbonyl (C=O) groups is 2. The molecule has 0 saturated carbocycles. The number of aliphatic carboxylic acids is 1. The second-order valence-corrected chi connectivity index (χ2v) is 5.57. The molecule has 2 amide bonds. The van der Waals surface area contributed by atoms with Gasteiger partial charge in [-0.3, -0.25) is 0 Å². The van der Waals surface area contributed by atoms with Crippen LogP contribution in [0.3, 0.4) is 0 Å². The number of nitrogens with one attached hydrogen (secondary N) is 3. The number of hydrogen-bond donors (Lipinski definition) is 4. The fourth-order valence-corrected chi connectivity index (χ4v) is 2.35. The lowest BCUT2D eigenvalue weighted by Crippen LogP contribution is -2.48. The van der Waals surface area contributed by atoms with Gasteiger partial charge in [-0.1, -0.05) is 32.0 Å². The average molecular weight is 303 g/mol. The summed E-state index contributed by atoms with van der Waals surface area (Å²) in [5.41, 5.74) is 2.18. The van der Waals surface area contributed by atoms with Crippen molar-refractivity contribution in [1.82, 2.24) is 15.6 Å². The van der Waals surface area contributed by atoms with Gasteiger partial charge in [0.2, 0.25) is 0 Å². The largest absolute Gasteiger partial charge is 0.480 e. The average Bonchev–Trinajstić information content (AvgIpc) is 2.88. The summed E-state index contributed by atoms with van der Waals surface area (Å²) < 4.78 is 0. The van der Waals surface area contributed by atoms with Gasteiger partial charge in [-0.15, -0.1) is 0 Å². The van der Waals surface area contributed by atoms with Crippen LogP contribution in [0, 0.1) is 5.92 Å². The van der Waals surface area contributed by atoms with E-state index in [1.54, 1.807) is 13.8 Å². The number of hydrogen-bond acceptors (Lipinski definition) is 2. The first kappa shape index (κ1) is 15.9. The number of benzene rings is 1. The Morgan fingerprint density at radius 2 is 2.00 bits per heavy atom. The molecule has 0 aliphatic heterocycles. The maximum atomic E-state index is 11.8. The molecule has 22 heavy (non-hydrogen) atoms. The molecule has 0 bridgehead atoms. The number of urea groups is 1. The molecule has 0 unspecified atom stereocenters. The number of para-hydroxylation sites is 1. The van der Waals surface area contributed by atoms with Crippen LogP contribution in [0.1, 0.15) is 19.4 Å². The van der Waals surface area contributed by atoms with E-state index in [1.807, 2.05) is 30.5 Å². The Bertz CT molecular complexity index is 663. The highest BCUT2D eigenvalue weighted by molar-refractivity contribution is 5.84. The number of carboxylic acids is 1. The first-order valence-electron chi connectivity index (χ1n) is 7.31. The van der Waals surface area contributed by atoms with Gasteiger partial charge in [-0.25, -0.2) is 9.59 Å². The van der Waals surface area contributed by atoms with Crippen LogP contribution < -0.4 is 10.6 Å². The van der Waals surface area contributed by atoms with Crippen molar-refractivity contribution in [2.24, 2.45) is 5.92 Å². The molecule has 1 atom stereocenters. The number of amides is 2. The predicted octanol–water partition coefficient (Wildman–Crippen LogP) is 2.12. The summed E-state index contributed by atoms with van der Waals surface area (Å²) in [6.45, 7) is 3.95. The van der Waals surface area contributed by atoms with E-state index in [4.69, 9.17) is 5.11 Å². The van der Waals surface area contributed by atoms with Gasteiger partial charge in [-0.2, -0.15) is 0 Å². The molecule has 0 aliphatic carbocycles. The van der Waals surface area contributed by atoms with Crippen LogP contribution in [0.25, 0.3) is 10.9 Å². The first-order valence-corrected chi connectivity index (χ1v) is 7.31. The smallest absolute Gasteiger partial charge is 0.326 e. The molecule has 6 nitrogen and oxygen atoms in total. The van der Waals surface area contributed by atoms with Gasteiger partial charge in [0, 0.05) is 23.6 Å². The van der Waals surface area contributed by atoms with E-state index in [9.17, 15) is 9.59 Å². The van der Waals surface area contributed by atoms with Gasteiger partial charge in [0.1, 0.15) is 6.04 Å². The normalized spacial score (nSPS) is 12.3. The van der Waals surface area contributed by atoms with Crippen molar-refractivity contribution in [3.05, 3.63) is 36.0 Å². The van der Waals surface area contributed by atoms with Gasteiger partial charge < -0.3 is 20.7 Å². The van der Waals surface area contributed by atoms with Crippen LogP contribution >= 0.6 is 0 Å². The third-order valence-electron chi connectivity index (χ3n) is 3.57. The molecular weight excluding hydrogens is 282 g/mol. The molecule has 118 valence electrons. The van der Waals surface area contributed by atoms with Crippen LogP contribution in [-0.2, 0) is 11.2 Å². The van der Waals surface area contributed by atoms with Crippen molar-refractivity contribution in [3.63, 3.8) is 0 Å². The quantitative estimate of drug-likeness (QED) is 0.658. The van der Waals surface area contributed by atoms with Crippen molar-refractivity contribution < 1.29 is 14.7 Å². The highest BCUT2D eigenvalue weighted by Crippen LogP contribution is 2.17. The zero-order valence-electron chi connectivity index (χ0n) is 12.7. The highest BCUT2D eigenvalue weighted by Gasteiger charge is 2.23. The Kier molecular flexibility index (Phi) is 5.04. The molecule has 2 aromatic rings. The zero-order valence-corrected chi connectivity index (χ0v) is 12.7. The third kappa shape index (κ3) is 3.78. The summed E-state index contributed by atoms with van der Waals surface area (Å²) >= 11 is 0. The zero-order chi connectivity index (χ0) is 16.1. The SMILES string of the molecule is CC(C)[C@H](NC(=O)NCCc1c[nH]c2ccccc12)C(=O)O. The van der Waals surface area contributed by atoms with Gasteiger partial charge >= 0.3 is 12.0 Å². The maximum absolute atomic E-state index is 11.8. The van der Waals surface area contributed by atoms with Crippen LogP contribution in [-0.4, -0.2) is 34.7 Å². The molecule has 0 spiro atoms. The Morgan fingerprint density at radius 3 is 2.68 bits per heavy atom. The number of fused-ring (bicyclic) bond motifs is 1. The Morgan fingerprint density at radius 1 is 1.27 bits per heavy atom. The molecule has 0 fully saturated rings. The molecule has 2 rings (SSSR count). The minimum Gasteiger partial charge on any atom is -0.480 e. The predicted molar refractivity (Wildman–Crippen MR) is 84.8 cm³/mol. The lowest BCUT2D eigenvalue weighted by molar-refractivity contribution is -0.140. The lowest BCUT2D eigenvalue weighted by atomic mass is 10.1. The number of carbonyl (C=O) groups excluding carboxylic acids is 1. The Balaban J connectivity index is 1.85. The van der Waals surface area contributed by atoms with E-state index in [0.29, 0.717) is 13.0 Å². The monoisotopic (exact) mass is 303 g/mol. The number of rotatable bonds is 6. The van der Waals surface area contributed by atoms with E-state index in [-0.39, 0.29) is 5.92 Å². The van der Waals surface area contributed by atoms with E-state index in [1.165, 1.54) is 0 Å². The van der Waals surface area contributed by atoms with Crippen molar-refractivity contribution in [3.8, 4) is 0 Å². The number of H-pyrrole nitrogens is 1. The lowest BCUT2D eigenvalue weighted by Gasteiger charge is -2.18. The molecule has 1 heterocycles. The summed E-state index contributed by atoms with van der Waals surface area (Å²) in [6.07, 6.45) is 2.61. The molecule has 4 N–H and O–H groups in total. The molecule has 1 aromatic carbocycles. The second kappa shape index (κ2) is 6.98. The Hall–Kier alpha value is -2.50. The minimum atomic E-state index is -1.03. The summed E-state index contributed by atoms with van der Waals surface area (Å²) in [4.78, 5) is 26.0. The fraction of sp³-hybridized carbons (Fsp3) is 0.375. The van der Waals surface area contributed by atoms with Crippen molar-refractivity contribution >= 4 is 22.9 Å². The van der Waals surface area contributed by atoms with Gasteiger partial charge in [0.25, 0.3) is 0 Å². The van der Waals surface area contributed by atoms with Crippen molar-refractivity contribution in [2.75, 3.05) is 6.54 Å². The summed E-state index contributed by atoms with van der Waals surface area (Å²) in [5, 5.41) is 15.3. The minimum absolute atomic E-state index is 0.170. The molecule has 6 heteroatoms. The van der Waals surface area contributed by atoms with Gasteiger partial charge in [0.05, 0.1) is 0 Å². The van der Waals surface area contributed by atoms with Crippen LogP contribution in [0.5, 0.6) is 0 Å². The van der Waals surface area contributed by atoms with Gasteiger partial charge in [-0.05, 0) is 24.0 Å². The van der Waals surface area contributed by atoms with Crippen LogP contribution in [0.15, 0.2) is 30.5 Å². The topological polar surface area (TPSA) is 94.2 Å². The van der Waals surface area contributed by atoms with E-state index in [0.717, 1.165) is 16.5 Å². The fourth-order valence-electron chi connectivity index (χ4n) is 2.35. The number of aromatic nitrogens is 1. The summed E-state index contributed by atoms with van der Waals surface area (Å²) in [5.74, 6) is -1.20. The van der Waals surface area contributed by atoms with Crippen molar-refractivity contribution in [2.45, 2.75) is 26.3 Å². The van der Waals surface area contributed by atoms with E-state index >= 15 is 0 Å². The van der Waals surface area contributed by atoms with Crippen LogP contribution in [0.2, 0.25) is 0 Å².